The summed E-state index contributed by atoms with van der Waals surface area (Å²) in [6.45, 7) is 1.66. The minimum atomic E-state index is -4.01. The van der Waals surface area contributed by atoms with Crippen molar-refractivity contribution >= 4 is 38.9 Å². The second-order valence-electron chi connectivity index (χ2n) is 7.41. The molecule has 2 aromatic carbocycles. The smallest absolute Gasteiger partial charge is 0.279 e. The van der Waals surface area contributed by atoms with E-state index in [2.05, 4.69) is 15.6 Å². The first-order valence-corrected chi connectivity index (χ1v) is 12.1. The molecule has 0 unspecified atom stereocenters. The van der Waals surface area contributed by atoms with Crippen molar-refractivity contribution in [2.75, 3.05) is 4.72 Å². The molecule has 4 rings (SSSR count). The predicted molar refractivity (Wildman–Crippen MR) is 120 cm³/mol. The highest BCUT2D eigenvalue weighted by atomic mass is 32.2. The fourth-order valence-corrected chi connectivity index (χ4v) is 5.66. The molecular formula is C22H20FN3O4S2. The van der Waals surface area contributed by atoms with Gasteiger partial charge in [-0.05, 0) is 79.8 Å². The van der Waals surface area contributed by atoms with Crippen LogP contribution in [0.15, 0.2) is 53.4 Å². The van der Waals surface area contributed by atoms with Crippen LogP contribution in [0.2, 0.25) is 0 Å². The number of benzene rings is 2. The first kappa shape index (κ1) is 22.0. The molecule has 0 spiro atoms. The summed E-state index contributed by atoms with van der Waals surface area (Å²) in [6.07, 6.45) is 3.01. The van der Waals surface area contributed by atoms with Crippen molar-refractivity contribution in [3.63, 3.8) is 0 Å². The summed E-state index contributed by atoms with van der Waals surface area (Å²) in [7, 11) is -4.01. The van der Waals surface area contributed by atoms with Crippen molar-refractivity contribution in [3.05, 3.63) is 80.8 Å². The molecule has 2 amide bonds. The Hall–Kier alpha value is -3.24. The largest absolute Gasteiger partial charge is 0.280 e. The van der Waals surface area contributed by atoms with Crippen LogP contribution in [0, 0.1) is 12.7 Å². The molecule has 3 aromatic rings. The number of hydrazine groups is 1. The maximum Gasteiger partial charge on any atom is 0.279 e. The molecule has 0 bridgehead atoms. The van der Waals surface area contributed by atoms with Gasteiger partial charge in [-0.3, -0.25) is 25.2 Å². The quantitative estimate of drug-likeness (QED) is 0.493. The van der Waals surface area contributed by atoms with Crippen LogP contribution in [0.1, 0.15) is 42.5 Å². The lowest BCUT2D eigenvalue weighted by Gasteiger charge is -2.12. The number of amides is 2. The second-order valence-corrected chi connectivity index (χ2v) is 10.2. The molecule has 1 aliphatic carbocycles. The van der Waals surface area contributed by atoms with Crippen LogP contribution >= 0.6 is 11.3 Å². The van der Waals surface area contributed by atoms with E-state index in [4.69, 9.17) is 0 Å². The molecule has 0 saturated heterocycles. The molecule has 0 aliphatic heterocycles. The molecule has 3 N–H and O–H groups in total. The van der Waals surface area contributed by atoms with Crippen molar-refractivity contribution in [3.8, 4) is 0 Å². The van der Waals surface area contributed by atoms with Crippen LogP contribution in [-0.2, 0) is 22.9 Å². The van der Waals surface area contributed by atoms with Gasteiger partial charge in [0, 0.05) is 16.1 Å². The van der Waals surface area contributed by atoms with Crippen LogP contribution in [0.25, 0.3) is 0 Å². The van der Waals surface area contributed by atoms with Gasteiger partial charge in [-0.25, -0.2) is 12.8 Å². The molecule has 1 aliphatic rings. The van der Waals surface area contributed by atoms with E-state index in [1.54, 1.807) is 6.92 Å². The summed E-state index contributed by atoms with van der Waals surface area (Å²) in [5, 5.41) is 0. The molecule has 1 aromatic heterocycles. The number of hydrogen-bond donors (Lipinski definition) is 3. The van der Waals surface area contributed by atoms with Gasteiger partial charge in [-0.1, -0.05) is 6.07 Å². The average molecular weight is 474 g/mol. The molecule has 0 atom stereocenters. The predicted octanol–water partition coefficient (Wildman–Crippen LogP) is 3.56. The Balaban J connectivity index is 1.46. The molecule has 166 valence electrons. The lowest BCUT2D eigenvalue weighted by atomic mass is 10.1. The van der Waals surface area contributed by atoms with E-state index in [9.17, 15) is 22.4 Å². The first-order chi connectivity index (χ1) is 15.2. The van der Waals surface area contributed by atoms with Gasteiger partial charge >= 0.3 is 0 Å². The van der Waals surface area contributed by atoms with E-state index in [0.29, 0.717) is 10.4 Å². The van der Waals surface area contributed by atoms with Gasteiger partial charge in [0.15, 0.2) is 0 Å². The molecule has 0 saturated carbocycles. The molecular weight excluding hydrogens is 453 g/mol. The van der Waals surface area contributed by atoms with Crippen molar-refractivity contribution in [2.24, 2.45) is 0 Å². The normalized spacial score (nSPS) is 12.8. The van der Waals surface area contributed by atoms with Crippen LogP contribution in [-0.4, -0.2) is 20.2 Å². The summed E-state index contributed by atoms with van der Waals surface area (Å²) in [5.41, 5.74) is 6.73. The number of carbonyl (C=O) groups excluding carboxylic acids is 2. The number of rotatable bonds is 5. The first-order valence-electron chi connectivity index (χ1n) is 9.84. The summed E-state index contributed by atoms with van der Waals surface area (Å²) in [4.78, 5) is 26.6. The number of halogens is 1. The number of carbonyl (C=O) groups is 2. The maximum atomic E-state index is 13.1. The zero-order valence-corrected chi connectivity index (χ0v) is 18.7. The number of thiophene rings is 1. The molecule has 0 radical (unpaired) electrons. The molecule has 32 heavy (non-hydrogen) atoms. The Morgan fingerprint density at radius 3 is 2.41 bits per heavy atom. The molecule has 0 fully saturated rings. The zero-order valence-electron chi connectivity index (χ0n) is 17.1. The molecule has 7 nitrogen and oxygen atoms in total. The van der Waals surface area contributed by atoms with Crippen LogP contribution in [0.3, 0.4) is 0 Å². The van der Waals surface area contributed by atoms with E-state index >= 15 is 0 Å². The summed E-state index contributed by atoms with van der Waals surface area (Å²) in [5.74, 6) is -1.55. The number of fused-ring (bicyclic) bond motifs is 1. The van der Waals surface area contributed by atoms with E-state index in [0.717, 1.165) is 31.4 Å². The average Bonchev–Trinajstić information content (AvgIpc) is 3.36. The fraction of sp³-hybridized carbons (Fsp3) is 0.182. The van der Waals surface area contributed by atoms with E-state index in [1.807, 2.05) is 6.07 Å². The van der Waals surface area contributed by atoms with E-state index in [1.165, 1.54) is 52.1 Å². The zero-order chi connectivity index (χ0) is 22.9. The molecule has 10 heteroatoms. The monoisotopic (exact) mass is 473 g/mol. The Morgan fingerprint density at radius 2 is 1.69 bits per heavy atom. The summed E-state index contributed by atoms with van der Waals surface area (Å²) >= 11 is 1.41. The number of anilines is 1. The third-order valence-electron chi connectivity index (χ3n) is 5.12. The summed E-state index contributed by atoms with van der Waals surface area (Å²) < 4.78 is 40.8. The van der Waals surface area contributed by atoms with Crippen molar-refractivity contribution in [1.29, 1.82) is 0 Å². The van der Waals surface area contributed by atoms with Crippen molar-refractivity contribution in [2.45, 2.75) is 31.1 Å². The lowest BCUT2D eigenvalue weighted by molar-refractivity contribution is 0.0848. The number of nitrogens with one attached hydrogen (secondary N) is 3. The van der Waals surface area contributed by atoms with Crippen LogP contribution < -0.4 is 15.6 Å². The topological polar surface area (TPSA) is 104 Å². The highest BCUT2D eigenvalue weighted by Gasteiger charge is 2.21. The maximum absolute atomic E-state index is 13.1. The highest BCUT2D eigenvalue weighted by molar-refractivity contribution is 7.92. The molecule has 1 heterocycles. The second kappa shape index (κ2) is 8.71. The van der Waals surface area contributed by atoms with Gasteiger partial charge in [0.25, 0.3) is 21.8 Å². The van der Waals surface area contributed by atoms with Crippen LogP contribution in [0.4, 0.5) is 10.1 Å². The Morgan fingerprint density at radius 1 is 0.969 bits per heavy atom. The third-order valence-corrected chi connectivity index (χ3v) is 7.74. The van der Waals surface area contributed by atoms with Gasteiger partial charge in [0.2, 0.25) is 0 Å². The third kappa shape index (κ3) is 4.66. The summed E-state index contributed by atoms with van der Waals surface area (Å²) in [6, 6.07) is 10.8. The van der Waals surface area contributed by atoms with Crippen LogP contribution in [0.5, 0.6) is 0 Å². The fourth-order valence-electron chi connectivity index (χ4n) is 3.43. The standard InChI is InChI=1S/C22H20FN3O4S2/c1-13-5-10-17(32(29,30)26-16-8-6-15(23)7-9-16)12-18(13)21(27)24-25-22(28)20-11-14-3-2-4-19(14)31-20/h5-12,26H,2-4H2,1H3,(H,24,27)(H,25,28). The van der Waals surface area contributed by atoms with Gasteiger partial charge in [-0.15, -0.1) is 11.3 Å². The Bertz CT molecular complexity index is 1280. The number of sulfonamides is 1. The highest BCUT2D eigenvalue weighted by Crippen LogP contribution is 2.30. The SMILES string of the molecule is Cc1ccc(S(=O)(=O)Nc2ccc(F)cc2)cc1C(=O)NNC(=O)c1cc2c(s1)CCC2. The van der Waals surface area contributed by atoms with Gasteiger partial charge in [0.05, 0.1) is 9.77 Å². The van der Waals surface area contributed by atoms with E-state index < -0.39 is 27.7 Å². The van der Waals surface area contributed by atoms with Gasteiger partial charge in [0.1, 0.15) is 5.82 Å². The van der Waals surface area contributed by atoms with Crippen molar-refractivity contribution < 1.29 is 22.4 Å². The lowest BCUT2D eigenvalue weighted by Crippen LogP contribution is -2.41. The Labute approximate surface area is 188 Å². The number of aryl methyl sites for hydroxylation is 3. The van der Waals surface area contributed by atoms with Crippen molar-refractivity contribution in [1.82, 2.24) is 10.9 Å². The minimum absolute atomic E-state index is 0.0981. The van der Waals surface area contributed by atoms with Gasteiger partial charge in [-0.2, -0.15) is 0 Å². The minimum Gasteiger partial charge on any atom is -0.280 e. The van der Waals surface area contributed by atoms with E-state index in [-0.39, 0.29) is 16.1 Å². The Kier molecular flexibility index (Phi) is 5.98. The van der Waals surface area contributed by atoms with Gasteiger partial charge < -0.3 is 0 Å². The number of hydrogen-bond acceptors (Lipinski definition) is 5.